The average molecular weight is 251 g/mol. The summed E-state index contributed by atoms with van der Waals surface area (Å²) in [6, 6.07) is 0. The van der Waals surface area contributed by atoms with E-state index in [2.05, 4.69) is 22.9 Å². The van der Waals surface area contributed by atoms with Crippen LogP contribution in [0.1, 0.15) is 32.6 Å². The highest BCUT2D eigenvalue weighted by Gasteiger charge is 2.39. The van der Waals surface area contributed by atoms with Gasteiger partial charge in [0.2, 0.25) is 0 Å². The van der Waals surface area contributed by atoms with Gasteiger partial charge in [0.25, 0.3) is 0 Å². The fourth-order valence-electron chi connectivity index (χ4n) is 1.15. The molecule has 0 spiro atoms. The molecule has 3 heteroatoms. The molecule has 0 N–H and O–H groups in total. The van der Waals surface area contributed by atoms with E-state index in [1.165, 1.54) is 25.7 Å². The van der Waals surface area contributed by atoms with Gasteiger partial charge < -0.3 is 9.47 Å². The molecule has 1 aliphatic rings. The lowest BCUT2D eigenvalue weighted by Gasteiger charge is -2.06. The molecule has 13 heavy (non-hydrogen) atoms. The van der Waals surface area contributed by atoms with E-state index in [0.717, 1.165) is 25.2 Å². The first-order valence-electron chi connectivity index (χ1n) is 5.04. The second-order valence-electron chi connectivity index (χ2n) is 3.89. The summed E-state index contributed by atoms with van der Waals surface area (Å²) in [6.07, 6.45) is 5.05. The molecule has 1 aliphatic heterocycles. The maximum Gasteiger partial charge on any atom is 0.112 e. The van der Waals surface area contributed by atoms with Crippen molar-refractivity contribution in [2.45, 2.75) is 38.2 Å². The topological polar surface area (TPSA) is 21.8 Å². The smallest absolute Gasteiger partial charge is 0.112 e. The van der Waals surface area contributed by atoms with Crippen molar-refractivity contribution < 1.29 is 9.47 Å². The fourth-order valence-corrected chi connectivity index (χ4v) is 1.54. The van der Waals surface area contributed by atoms with Crippen molar-refractivity contribution in [3.05, 3.63) is 0 Å². The zero-order chi connectivity index (χ0) is 9.57. The van der Waals surface area contributed by atoms with Crippen molar-refractivity contribution in [3.8, 4) is 0 Å². The predicted octanol–water partition coefficient (Wildman–Crippen LogP) is 2.75. The SMILES string of the molecule is CC1(COCCCCCCBr)CO1. The highest BCUT2D eigenvalue weighted by atomic mass is 79.9. The van der Waals surface area contributed by atoms with Crippen LogP contribution in [0.5, 0.6) is 0 Å². The highest BCUT2D eigenvalue weighted by Crippen LogP contribution is 2.25. The van der Waals surface area contributed by atoms with Gasteiger partial charge in [-0.25, -0.2) is 0 Å². The molecule has 0 saturated carbocycles. The fraction of sp³-hybridized carbons (Fsp3) is 1.00. The molecule has 78 valence electrons. The van der Waals surface area contributed by atoms with E-state index in [9.17, 15) is 0 Å². The van der Waals surface area contributed by atoms with Crippen LogP contribution < -0.4 is 0 Å². The minimum atomic E-state index is 0.0653. The lowest BCUT2D eigenvalue weighted by atomic mass is 10.2. The Bertz CT molecular complexity index is 135. The first-order valence-corrected chi connectivity index (χ1v) is 6.17. The first-order chi connectivity index (χ1) is 6.27. The molecule has 0 aromatic rings. The van der Waals surface area contributed by atoms with E-state index in [1.54, 1.807) is 0 Å². The second kappa shape index (κ2) is 5.99. The van der Waals surface area contributed by atoms with Crippen molar-refractivity contribution in [2.75, 3.05) is 25.2 Å². The Morgan fingerprint density at radius 2 is 2.00 bits per heavy atom. The van der Waals surface area contributed by atoms with Gasteiger partial charge >= 0.3 is 0 Å². The summed E-state index contributed by atoms with van der Waals surface area (Å²) in [6.45, 7) is 4.63. The predicted molar refractivity (Wildman–Crippen MR) is 57.4 cm³/mol. The standard InChI is InChI=1S/C10H19BrO2/c1-10(9-13-10)8-12-7-5-3-2-4-6-11/h2-9H2,1H3. The van der Waals surface area contributed by atoms with Crippen LogP contribution in [-0.2, 0) is 9.47 Å². The van der Waals surface area contributed by atoms with Crippen LogP contribution >= 0.6 is 15.9 Å². The molecule has 1 unspecified atom stereocenters. The molecule has 0 aliphatic carbocycles. The minimum absolute atomic E-state index is 0.0653. The van der Waals surface area contributed by atoms with Crippen LogP contribution in [0.4, 0.5) is 0 Å². The number of alkyl halides is 1. The van der Waals surface area contributed by atoms with Crippen molar-refractivity contribution in [3.63, 3.8) is 0 Å². The van der Waals surface area contributed by atoms with Crippen molar-refractivity contribution >= 4 is 15.9 Å². The third-order valence-corrected chi connectivity index (χ3v) is 2.78. The third-order valence-electron chi connectivity index (χ3n) is 2.22. The summed E-state index contributed by atoms with van der Waals surface area (Å²) in [4.78, 5) is 0. The van der Waals surface area contributed by atoms with Crippen LogP contribution in [-0.4, -0.2) is 30.8 Å². The van der Waals surface area contributed by atoms with Gasteiger partial charge in [-0.05, 0) is 19.8 Å². The molecule has 0 aromatic carbocycles. The first kappa shape index (κ1) is 11.5. The molecule has 0 bridgehead atoms. The third kappa shape index (κ3) is 5.66. The number of hydrogen-bond donors (Lipinski definition) is 0. The monoisotopic (exact) mass is 250 g/mol. The number of epoxide rings is 1. The van der Waals surface area contributed by atoms with Crippen molar-refractivity contribution in [1.82, 2.24) is 0 Å². The quantitative estimate of drug-likeness (QED) is 0.376. The van der Waals surface area contributed by atoms with Crippen LogP contribution in [0.3, 0.4) is 0 Å². The van der Waals surface area contributed by atoms with Gasteiger partial charge in [-0.2, -0.15) is 0 Å². The summed E-state index contributed by atoms with van der Waals surface area (Å²) >= 11 is 3.42. The van der Waals surface area contributed by atoms with Crippen LogP contribution in [0, 0.1) is 0 Å². The summed E-state index contributed by atoms with van der Waals surface area (Å²) < 4.78 is 10.7. The van der Waals surface area contributed by atoms with E-state index in [4.69, 9.17) is 9.47 Å². The Morgan fingerprint density at radius 1 is 1.31 bits per heavy atom. The number of hydrogen-bond acceptors (Lipinski definition) is 2. The zero-order valence-electron chi connectivity index (χ0n) is 8.35. The molecule has 1 rings (SSSR count). The second-order valence-corrected chi connectivity index (χ2v) is 4.69. The van der Waals surface area contributed by atoms with E-state index in [0.29, 0.717) is 0 Å². The average Bonchev–Trinajstić information content (AvgIpc) is 2.83. The summed E-state index contributed by atoms with van der Waals surface area (Å²) in [5.74, 6) is 0. The zero-order valence-corrected chi connectivity index (χ0v) is 9.94. The van der Waals surface area contributed by atoms with Crippen LogP contribution in [0.25, 0.3) is 0 Å². The van der Waals surface area contributed by atoms with Gasteiger partial charge in [0.1, 0.15) is 5.60 Å². The van der Waals surface area contributed by atoms with Crippen LogP contribution in [0.2, 0.25) is 0 Å². The van der Waals surface area contributed by atoms with Crippen LogP contribution in [0.15, 0.2) is 0 Å². The number of halogens is 1. The van der Waals surface area contributed by atoms with Gasteiger partial charge in [-0.3, -0.25) is 0 Å². The Hall–Kier alpha value is 0.400. The Kier molecular flexibility index (Phi) is 5.29. The maximum atomic E-state index is 5.50. The number of ether oxygens (including phenoxy) is 2. The summed E-state index contributed by atoms with van der Waals surface area (Å²) in [7, 11) is 0. The number of unbranched alkanes of at least 4 members (excludes halogenated alkanes) is 3. The van der Waals surface area contributed by atoms with E-state index in [1.807, 2.05) is 0 Å². The molecule has 2 nitrogen and oxygen atoms in total. The molecule has 1 heterocycles. The summed E-state index contributed by atoms with van der Waals surface area (Å²) in [5, 5.41) is 1.12. The van der Waals surface area contributed by atoms with Crippen molar-refractivity contribution in [1.29, 1.82) is 0 Å². The maximum absolute atomic E-state index is 5.50. The van der Waals surface area contributed by atoms with Crippen molar-refractivity contribution in [2.24, 2.45) is 0 Å². The molecule has 1 atom stereocenters. The Balaban J connectivity index is 1.74. The van der Waals surface area contributed by atoms with Gasteiger partial charge in [-0.15, -0.1) is 0 Å². The lowest BCUT2D eigenvalue weighted by molar-refractivity contribution is 0.0826. The Labute approximate surface area is 89.1 Å². The molecule has 1 saturated heterocycles. The van der Waals surface area contributed by atoms with E-state index < -0.39 is 0 Å². The number of rotatable bonds is 8. The van der Waals surface area contributed by atoms with Gasteiger partial charge in [0, 0.05) is 11.9 Å². The van der Waals surface area contributed by atoms with E-state index >= 15 is 0 Å². The molecule has 0 aromatic heterocycles. The van der Waals surface area contributed by atoms with E-state index in [-0.39, 0.29) is 5.60 Å². The van der Waals surface area contributed by atoms with Gasteiger partial charge in [0.05, 0.1) is 13.2 Å². The molecule has 0 amide bonds. The summed E-state index contributed by atoms with van der Waals surface area (Å²) in [5.41, 5.74) is 0.0653. The van der Waals surface area contributed by atoms with Gasteiger partial charge in [0.15, 0.2) is 0 Å². The minimum Gasteiger partial charge on any atom is -0.378 e. The lowest BCUT2D eigenvalue weighted by Crippen LogP contribution is -2.14. The normalized spacial score (nSPS) is 26.3. The molecular weight excluding hydrogens is 232 g/mol. The Morgan fingerprint density at radius 3 is 2.62 bits per heavy atom. The molecule has 0 radical (unpaired) electrons. The van der Waals surface area contributed by atoms with Gasteiger partial charge in [-0.1, -0.05) is 28.8 Å². The highest BCUT2D eigenvalue weighted by molar-refractivity contribution is 9.09. The molecule has 1 fully saturated rings. The largest absolute Gasteiger partial charge is 0.378 e. The molecular formula is C10H19BrO2.